The number of rotatable bonds is 9. The quantitative estimate of drug-likeness (QED) is 0.257. The number of nitrogens with zero attached hydrogens (tertiary/aromatic N) is 4. The van der Waals surface area contributed by atoms with E-state index in [-0.39, 0.29) is 22.5 Å². The molecule has 1 aliphatic rings. The van der Waals surface area contributed by atoms with Crippen LogP contribution in [0, 0.1) is 0 Å². The molecule has 13 heteroatoms. The molecule has 0 bridgehead atoms. The first-order valence-corrected chi connectivity index (χ1v) is 13.0. The van der Waals surface area contributed by atoms with Gasteiger partial charge in [-0.15, -0.1) is 0 Å². The van der Waals surface area contributed by atoms with E-state index in [9.17, 15) is 13.2 Å². The van der Waals surface area contributed by atoms with Crippen LogP contribution in [0.1, 0.15) is 24.1 Å². The van der Waals surface area contributed by atoms with E-state index in [0.29, 0.717) is 45.5 Å². The molecule has 0 atom stereocenters. The lowest BCUT2D eigenvalue weighted by Crippen LogP contribution is -2.24. The number of sulfone groups is 1. The Morgan fingerprint density at radius 3 is 2.66 bits per heavy atom. The van der Waals surface area contributed by atoms with Crippen LogP contribution in [0.15, 0.2) is 58.7 Å². The Morgan fingerprint density at radius 2 is 1.97 bits per heavy atom. The first-order valence-electron chi connectivity index (χ1n) is 10.6. The number of ether oxygens (including phenoxy) is 1. The molecule has 0 spiro atoms. The van der Waals surface area contributed by atoms with Crippen molar-refractivity contribution in [3.05, 3.63) is 59.9 Å². The molecule has 35 heavy (non-hydrogen) atoms. The fourth-order valence-electron chi connectivity index (χ4n) is 3.26. The van der Waals surface area contributed by atoms with E-state index >= 15 is 0 Å². The van der Waals surface area contributed by atoms with E-state index in [1.54, 1.807) is 24.4 Å². The number of nitrogens with one attached hydrogen (secondary N) is 2. The van der Waals surface area contributed by atoms with Crippen molar-refractivity contribution in [3.8, 4) is 5.88 Å². The number of hydrogen-bond acceptors (Lipinski definition) is 10. The second-order valence-electron chi connectivity index (χ2n) is 7.70. The molecular formula is C22H20N6O5S2. The zero-order valence-corrected chi connectivity index (χ0v) is 20.1. The number of H-pyrrole nitrogens is 1. The summed E-state index contributed by atoms with van der Waals surface area (Å²) >= 11 is 1.18. The van der Waals surface area contributed by atoms with Gasteiger partial charge >= 0.3 is 0 Å². The topological polar surface area (TPSA) is 149 Å². The van der Waals surface area contributed by atoms with E-state index in [1.807, 2.05) is 0 Å². The molecule has 1 fully saturated rings. The molecule has 1 aromatic carbocycles. The minimum Gasteiger partial charge on any atom is -0.481 e. The van der Waals surface area contributed by atoms with Gasteiger partial charge in [-0.2, -0.15) is 5.10 Å². The van der Waals surface area contributed by atoms with Crippen molar-refractivity contribution in [2.45, 2.75) is 29.6 Å². The number of methoxy groups -OCH3 is 1. The highest BCUT2D eigenvalue weighted by atomic mass is 32.2. The van der Waals surface area contributed by atoms with Crippen molar-refractivity contribution >= 4 is 48.3 Å². The maximum Gasteiger partial charge on any atom is 0.280 e. The van der Waals surface area contributed by atoms with Crippen LogP contribution in [-0.4, -0.2) is 52.6 Å². The van der Waals surface area contributed by atoms with Crippen LogP contribution >= 0.6 is 11.3 Å². The fourth-order valence-corrected chi connectivity index (χ4v) is 5.74. The predicted molar refractivity (Wildman–Crippen MR) is 129 cm³/mol. The molecule has 5 rings (SSSR count). The molecule has 2 N–H and O–H groups in total. The maximum atomic E-state index is 13.2. The normalized spacial score (nSPS) is 14.1. The highest BCUT2D eigenvalue weighted by molar-refractivity contribution is 7.92. The van der Waals surface area contributed by atoms with Crippen molar-refractivity contribution in [2.24, 2.45) is 5.16 Å². The Hall–Kier alpha value is -3.84. The van der Waals surface area contributed by atoms with Gasteiger partial charge < -0.3 is 9.57 Å². The third-order valence-electron chi connectivity index (χ3n) is 5.22. The van der Waals surface area contributed by atoms with Crippen molar-refractivity contribution in [2.75, 3.05) is 12.4 Å². The number of thiazole rings is 1. The SMILES string of the molecule is COc1ccc2nc(NC(=O)/C(=N/OCc3cc[nH]n3)c3ccc(S(=O)(=O)C4CC4)cc3)sc2n1. The molecule has 1 saturated carbocycles. The van der Waals surface area contributed by atoms with E-state index in [0.717, 1.165) is 0 Å². The molecule has 3 aromatic heterocycles. The largest absolute Gasteiger partial charge is 0.481 e. The van der Waals surface area contributed by atoms with Gasteiger partial charge in [-0.25, -0.2) is 18.4 Å². The number of aromatic nitrogens is 4. The maximum absolute atomic E-state index is 13.2. The summed E-state index contributed by atoms with van der Waals surface area (Å²) in [5, 5.41) is 13.4. The molecule has 11 nitrogen and oxygen atoms in total. The van der Waals surface area contributed by atoms with Crippen molar-refractivity contribution in [3.63, 3.8) is 0 Å². The number of carbonyl (C=O) groups excluding carboxylic acids is 1. The van der Waals surface area contributed by atoms with E-state index in [4.69, 9.17) is 9.57 Å². The fraction of sp³-hybridized carbons (Fsp3) is 0.227. The smallest absolute Gasteiger partial charge is 0.280 e. The van der Waals surface area contributed by atoms with Gasteiger partial charge in [0.05, 0.1) is 17.3 Å². The number of fused-ring (bicyclic) bond motifs is 1. The first kappa shape index (κ1) is 22.9. The number of pyridine rings is 1. The third kappa shape index (κ3) is 5.00. The van der Waals surface area contributed by atoms with Gasteiger partial charge in [-0.3, -0.25) is 15.2 Å². The Kier molecular flexibility index (Phi) is 6.17. The van der Waals surface area contributed by atoms with Crippen LogP contribution in [0.25, 0.3) is 10.3 Å². The summed E-state index contributed by atoms with van der Waals surface area (Å²) in [7, 11) is -1.83. The molecule has 0 radical (unpaired) electrons. The number of oxime groups is 1. The summed E-state index contributed by atoms with van der Waals surface area (Å²) < 4.78 is 30.2. The zero-order chi connectivity index (χ0) is 24.4. The summed E-state index contributed by atoms with van der Waals surface area (Å²) in [6.07, 6.45) is 2.98. The number of amides is 1. The Bertz CT molecular complexity index is 1490. The number of anilines is 1. The third-order valence-corrected chi connectivity index (χ3v) is 8.38. The monoisotopic (exact) mass is 512 g/mol. The van der Waals surface area contributed by atoms with Crippen molar-refractivity contribution in [1.82, 2.24) is 20.2 Å². The summed E-state index contributed by atoms with van der Waals surface area (Å²) in [5.74, 6) is -0.134. The van der Waals surface area contributed by atoms with Gasteiger partial charge in [0.15, 0.2) is 27.3 Å². The lowest BCUT2D eigenvalue weighted by Gasteiger charge is -2.08. The van der Waals surface area contributed by atoms with E-state index in [1.165, 1.54) is 42.7 Å². The molecular weight excluding hydrogens is 492 g/mol. The summed E-state index contributed by atoms with van der Waals surface area (Å²) in [6.45, 7) is 0.0409. The van der Waals surface area contributed by atoms with Crippen LogP contribution in [0.5, 0.6) is 5.88 Å². The van der Waals surface area contributed by atoms with Crippen LogP contribution in [0.4, 0.5) is 5.13 Å². The summed E-state index contributed by atoms with van der Waals surface area (Å²) in [4.78, 5) is 28.0. The molecule has 4 aromatic rings. The van der Waals surface area contributed by atoms with Crippen molar-refractivity contribution in [1.29, 1.82) is 0 Å². The standard InChI is InChI=1S/C22H20N6O5S2/c1-32-18-9-8-17-21(25-18)34-22(24-17)26-20(29)19(28-33-12-14-10-11-23-27-14)13-2-4-15(5-3-13)35(30,31)16-6-7-16/h2-5,8-11,16H,6-7,12H2,1H3,(H,23,27)(H,24,26,29)/b28-19+. The Labute approximate surface area is 204 Å². The lowest BCUT2D eigenvalue weighted by atomic mass is 10.1. The van der Waals surface area contributed by atoms with Crippen LogP contribution in [0.3, 0.4) is 0 Å². The molecule has 180 valence electrons. The minimum atomic E-state index is -3.35. The van der Waals surface area contributed by atoms with Gasteiger partial charge in [0, 0.05) is 17.8 Å². The van der Waals surface area contributed by atoms with Gasteiger partial charge in [0.25, 0.3) is 5.91 Å². The van der Waals surface area contributed by atoms with Crippen LogP contribution in [0.2, 0.25) is 0 Å². The van der Waals surface area contributed by atoms with Crippen molar-refractivity contribution < 1.29 is 22.8 Å². The van der Waals surface area contributed by atoms with Crippen LogP contribution in [-0.2, 0) is 26.1 Å². The van der Waals surface area contributed by atoms with E-state index in [2.05, 4.69) is 30.6 Å². The zero-order valence-electron chi connectivity index (χ0n) is 18.5. The molecule has 3 heterocycles. The average Bonchev–Trinajstić information content (AvgIpc) is 3.46. The average molecular weight is 513 g/mol. The van der Waals surface area contributed by atoms with Gasteiger partial charge in [0.2, 0.25) is 5.88 Å². The highest BCUT2D eigenvalue weighted by Crippen LogP contribution is 2.33. The second kappa shape index (κ2) is 9.43. The Morgan fingerprint density at radius 1 is 1.17 bits per heavy atom. The second-order valence-corrected chi connectivity index (χ2v) is 10.9. The number of carbonyl (C=O) groups is 1. The van der Waals surface area contributed by atoms with Gasteiger partial charge in [0.1, 0.15) is 16.0 Å². The van der Waals surface area contributed by atoms with E-state index < -0.39 is 15.7 Å². The molecule has 0 unspecified atom stereocenters. The summed E-state index contributed by atoms with van der Waals surface area (Å²) in [6, 6.07) is 11.2. The highest BCUT2D eigenvalue weighted by Gasteiger charge is 2.36. The van der Waals surface area contributed by atoms with Gasteiger partial charge in [-0.1, -0.05) is 28.6 Å². The number of benzene rings is 1. The predicted octanol–water partition coefficient (Wildman–Crippen LogP) is 2.92. The lowest BCUT2D eigenvalue weighted by molar-refractivity contribution is -0.110. The number of hydrogen-bond donors (Lipinski definition) is 2. The van der Waals surface area contributed by atoms with Gasteiger partial charge in [-0.05, 0) is 37.1 Å². The Balaban J connectivity index is 1.40. The molecule has 1 amide bonds. The minimum absolute atomic E-state index is 0.0409. The molecule has 1 aliphatic carbocycles. The summed E-state index contributed by atoms with van der Waals surface area (Å²) in [5.41, 5.74) is 1.56. The number of aromatic amines is 1. The molecule has 0 saturated heterocycles. The van der Waals surface area contributed by atoms with Crippen LogP contribution < -0.4 is 10.1 Å². The molecule has 0 aliphatic heterocycles. The first-order chi connectivity index (χ1) is 16.9.